The van der Waals surface area contributed by atoms with E-state index in [4.69, 9.17) is 21.6 Å². The zero-order valence-electron chi connectivity index (χ0n) is 5.67. The molecule has 0 radical (unpaired) electrons. The molecule has 0 aliphatic carbocycles. The minimum absolute atomic E-state index is 0.750. The van der Waals surface area contributed by atoms with Crippen LogP contribution in [0.15, 0.2) is 28.7 Å². The standard InChI is InChI=1S/C6H4BrCl.BH3O2/c7-5-1-3-6(8)4-2-5;2-1-3/h1-4H;1-3H. The fraction of sp³-hybridized carbons (Fsp3) is 0. The smallest absolute Gasteiger partial charge is 0.430 e. The van der Waals surface area contributed by atoms with Crippen LogP contribution in [0, 0.1) is 0 Å². The van der Waals surface area contributed by atoms with E-state index < -0.39 is 7.69 Å². The Morgan fingerprint density at radius 1 is 1.18 bits per heavy atom. The predicted molar refractivity (Wildman–Crippen MR) is 50.7 cm³/mol. The second-order valence-electron chi connectivity index (χ2n) is 1.58. The van der Waals surface area contributed by atoms with Gasteiger partial charge in [-0.1, -0.05) is 27.5 Å². The molecule has 0 atom stereocenters. The molecule has 0 spiro atoms. The largest absolute Gasteiger partial charge is 0.432 e. The van der Waals surface area contributed by atoms with Gasteiger partial charge in [-0.15, -0.1) is 0 Å². The molecule has 60 valence electrons. The highest BCUT2D eigenvalue weighted by atomic mass is 79.9. The number of benzene rings is 1. The first-order valence-electron chi connectivity index (χ1n) is 2.83. The molecule has 5 heteroatoms. The van der Waals surface area contributed by atoms with Gasteiger partial charge in [0.2, 0.25) is 0 Å². The first-order valence-corrected chi connectivity index (χ1v) is 4.00. The summed E-state index contributed by atoms with van der Waals surface area (Å²) in [5.41, 5.74) is 0. The van der Waals surface area contributed by atoms with Crippen LogP contribution in [0.5, 0.6) is 0 Å². The predicted octanol–water partition coefficient (Wildman–Crippen LogP) is 1.34. The summed E-state index contributed by atoms with van der Waals surface area (Å²) in [6.07, 6.45) is 0. The van der Waals surface area contributed by atoms with E-state index in [9.17, 15) is 0 Å². The molecule has 0 aliphatic heterocycles. The summed E-state index contributed by atoms with van der Waals surface area (Å²) in [6.45, 7) is 0. The van der Waals surface area contributed by atoms with Crippen molar-refractivity contribution in [1.82, 2.24) is 0 Å². The highest BCUT2D eigenvalue weighted by molar-refractivity contribution is 9.10. The number of rotatable bonds is 0. The van der Waals surface area contributed by atoms with E-state index in [1.54, 1.807) is 0 Å². The van der Waals surface area contributed by atoms with E-state index in [0.717, 1.165) is 9.50 Å². The zero-order valence-corrected chi connectivity index (χ0v) is 8.01. The lowest BCUT2D eigenvalue weighted by atomic mass is 10.4. The first kappa shape index (κ1) is 11.0. The van der Waals surface area contributed by atoms with Crippen LogP contribution in [0.4, 0.5) is 0 Å². The number of hydrogen-bond acceptors (Lipinski definition) is 2. The quantitative estimate of drug-likeness (QED) is 0.668. The van der Waals surface area contributed by atoms with Gasteiger partial charge in [0.25, 0.3) is 0 Å². The molecule has 11 heavy (non-hydrogen) atoms. The van der Waals surface area contributed by atoms with Gasteiger partial charge in [0.1, 0.15) is 0 Å². The lowest BCUT2D eigenvalue weighted by Crippen LogP contribution is -1.75. The monoisotopic (exact) mass is 236 g/mol. The number of hydrogen-bond donors (Lipinski definition) is 2. The van der Waals surface area contributed by atoms with Crippen molar-refractivity contribution < 1.29 is 10.0 Å². The third-order valence-corrected chi connectivity index (χ3v) is 1.58. The molecule has 2 nitrogen and oxygen atoms in total. The number of halogens is 2. The van der Waals surface area contributed by atoms with Crippen molar-refractivity contribution in [3.05, 3.63) is 33.8 Å². The summed E-state index contributed by atoms with van der Waals surface area (Å²) < 4.78 is 1.06. The Morgan fingerprint density at radius 3 is 1.82 bits per heavy atom. The maximum absolute atomic E-state index is 7.12. The zero-order chi connectivity index (χ0) is 8.69. The van der Waals surface area contributed by atoms with Crippen molar-refractivity contribution in [1.29, 1.82) is 0 Å². The van der Waals surface area contributed by atoms with E-state index in [2.05, 4.69) is 15.9 Å². The van der Waals surface area contributed by atoms with Crippen LogP contribution in [-0.4, -0.2) is 17.7 Å². The summed E-state index contributed by atoms with van der Waals surface area (Å²) in [5.74, 6) is 0. The molecule has 0 saturated heterocycles. The fourth-order valence-electron chi connectivity index (χ4n) is 0.430. The van der Waals surface area contributed by atoms with Crippen molar-refractivity contribution in [3.63, 3.8) is 0 Å². The molecule has 0 aromatic heterocycles. The summed E-state index contributed by atoms with van der Waals surface area (Å²) in [6, 6.07) is 7.49. The van der Waals surface area contributed by atoms with Gasteiger partial charge < -0.3 is 10.0 Å². The summed E-state index contributed by atoms with van der Waals surface area (Å²) in [4.78, 5) is 0. The van der Waals surface area contributed by atoms with Crippen LogP contribution in [-0.2, 0) is 0 Å². The fourth-order valence-corrected chi connectivity index (χ4v) is 0.820. The molecule has 0 amide bonds. The average molecular weight is 237 g/mol. The highest BCUT2D eigenvalue weighted by Crippen LogP contribution is 2.13. The molecule has 0 fully saturated rings. The van der Waals surface area contributed by atoms with Crippen molar-refractivity contribution >= 4 is 35.2 Å². The van der Waals surface area contributed by atoms with Gasteiger partial charge in [0.05, 0.1) is 0 Å². The van der Waals surface area contributed by atoms with E-state index in [1.807, 2.05) is 24.3 Å². The van der Waals surface area contributed by atoms with Crippen molar-refractivity contribution in [2.24, 2.45) is 0 Å². The Hall–Kier alpha value is -0.0251. The Labute approximate surface area is 79.3 Å². The lowest BCUT2D eigenvalue weighted by molar-refractivity contribution is 0.448. The third-order valence-electron chi connectivity index (χ3n) is 0.804. The van der Waals surface area contributed by atoms with Gasteiger partial charge >= 0.3 is 7.69 Å². The summed E-state index contributed by atoms with van der Waals surface area (Å²) in [5, 5.41) is 15.0. The van der Waals surface area contributed by atoms with E-state index in [0.29, 0.717) is 0 Å². The molecule has 1 rings (SSSR count). The van der Waals surface area contributed by atoms with Gasteiger partial charge in [-0.05, 0) is 24.3 Å². The summed E-state index contributed by atoms with van der Waals surface area (Å²) in [7, 11) is -0.750. The molecule has 0 bridgehead atoms. The summed E-state index contributed by atoms with van der Waals surface area (Å²) >= 11 is 8.88. The molecule has 0 aliphatic rings. The van der Waals surface area contributed by atoms with Crippen LogP contribution in [0.1, 0.15) is 0 Å². The Morgan fingerprint density at radius 2 is 1.55 bits per heavy atom. The van der Waals surface area contributed by atoms with Gasteiger partial charge in [-0.3, -0.25) is 0 Å². The maximum atomic E-state index is 7.12. The molecular formula is C6H7BBrClO2. The topological polar surface area (TPSA) is 40.5 Å². The average Bonchev–Trinajstić information content (AvgIpc) is 1.97. The van der Waals surface area contributed by atoms with E-state index in [1.165, 1.54) is 0 Å². The van der Waals surface area contributed by atoms with Gasteiger partial charge in [-0.2, -0.15) is 0 Å². The van der Waals surface area contributed by atoms with E-state index in [-0.39, 0.29) is 0 Å². The van der Waals surface area contributed by atoms with Crippen LogP contribution in [0.3, 0.4) is 0 Å². The molecule has 1 aromatic rings. The van der Waals surface area contributed by atoms with Crippen LogP contribution in [0.2, 0.25) is 5.02 Å². The van der Waals surface area contributed by atoms with Crippen molar-refractivity contribution in [2.45, 2.75) is 0 Å². The molecular weight excluding hydrogens is 230 g/mol. The molecule has 0 heterocycles. The molecule has 1 aromatic carbocycles. The highest BCUT2D eigenvalue weighted by Gasteiger charge is 1.83. The van der Waals surface area contributed by atoms with E-state index >= 15 is 0 Å². The lowest BCUT2D eigenvalue weighted by Gasteiger charge is -1.86. The maximum Gasteiger partial charge on any atom is 0.432 e. The van der Waals surface area contributed by atoms with Crippen molar-refractivity contribution in [2.75, 3.05) is 0 Å². The van der Waals surface area contributed by atoms with Crippen molar-refractivity contribution in [3.8, 4) is 0 Å². The Bertz CT molecular complexity index is 171. The first-order chi connectivity index (χ1) is 5.20. The van der Waals surface area contributed by atoms with Crippen LogP contribution < -0.4 is 0 Å². The van der Waals surface area contributed by atoms with Gasteiger partial charge in [0.15, 0.2) is 0 Å². The minimum Gasteiger partial charge on any atom is -0.430 e. The Kier molecular flexibility index (Phi) is 6.66. The second kappa shape index (κ2) is 6.67. The van der Waals surface area contributed by atoms with Crippen LogP contribution >= 0.6 is 27.5 Å². The SMILES string of the molecule is Clc1ccc(Br)cc1.OBO. The Balaban J connectivity index is 0.000000292. The second-order valence-corrected chi connectivity index (χ2v) is 2.93. The minimum atomic E-state index is -0.750. The normalized spacial score (nSPS) is 8.00. The van der Waals surface area contributed by atoms with Crippen LogP contribution in [0.25, 0.3) is 0 Å². The third kappa shape index (κ3) is 6.38. The molecule has 0 unspecified atom stereocenters. The van der Waals surface area contributed by atoms with Gasteiger partial charge in [-0.25, -0.2) is 0 Å². The molecule has 0 saturated carbocycles. The molecule has 2 N–H and O–H groups in total. The van der Waals surface area contributed by atoms with Gasteiger partial charge in [0, 0.05) is 9.50 Å².